The van der Waals surface area contributed by atoms with Crippen LogP contribution >= 0.6 is 11.8 Å². The van der Waals surface area contributed by atoms with E-state index < -0.39 is 0 Å². The maximum absolute atomic E-state index is 12.9. The predicted octanol–water partition coefficient (Wildman–Crippen LogP) is 3.13. The fourth-order valence-corrected chi connectivity index (χ4v) is 3.94. The maximum atomic E-state index is 12.9. The van der Waals surface area contributed by atoms with Crippen LogP contribution in [-0.2, 0) is 11.3 Å². The third kappa shape index (κ3) is 4.31. The molecule has 0 saturated carbocycles. The molecule has 6 heteroatoms. The van der Waals surface area contributed by atoms with Crippen LogP contribution in [0, 0.1) is 0 Å². The van der Waals surface area contributed by atoms with Gasteiger partial charge in [0.25, 0.3) is 5.56 Å². The lowest BCUT2D eigenvalue weighted by Gasteiger charge is -2.16. The number of para-hydroxylation sites is 1. The van der Waals surface area contributed by atoms with Crippen LogP contribution in [0.25, 0.3) is 10.9 Å². The Labute approximate surface area is 151 Å². The molecule has 1 aromatic carbocycles. The SMILES string of the molecule is CNC(=O)CSc1nc2ccccc2c(=O)n1CCC1=CCCCC1. The van der Waals surface area contributed by atoms with Crippen LogP contribution in [0.5, 0.6) is 0 Å². The quantitative estimate of drug-likeness (QED) is 0.490. The molecule has 0 atom stereocenters. The van der Waals surface area contributed by atoms with Crippen molar-refractivity contribution in [2.45, 2.75) is 43.8 Å². The van der Waals surface area contributed by atoms with Crippen LogP contribution in [0.3, 0.4) is 0 Å². The second-order valence-corrected chi connectivity index (χ2v) is 7.13. The summed E-state index contributed by atoms with van der Waals surface area (Å²) in [6.45, 7) is 0.610. The molecular weight excluding hydrogens is 334 g/mol. The third-order valence-corrected chi connectivity index (χ3v) is 5.46. The van der Waals surface area contributed by atoms with Gasteiger partial charge < -0.3 is 5.32 Å². The van der Waals surface area contributed by atoms with E-state index in [1.54, 1.807) is 11.6 Å². The van der Waals surface area contributed by atoms with Crippen molar-refractivity contribution in [1.82, 2.24) is 14.9 Å². The monoisotopic (exact) mass is 357 g/mol. The lowest BCUT2D eigenvalue weighted by molar-refractivity contribution is -0.118. The van der Waals surface area contributed by atoms with Crippen LogP contribution in [0.15, 0.2) is 45.9 Å². The molecule has 1 aliphatic carbocycles. The number of aromatic nitrogens is 2. The van der Waals surface area contributed by atoms with Gasteiger partial charge in [-0.1, -0.05) is 35.5 Å². The number of fused-ring (bicyclic) bond motifs is 1. The highest BCUT2D eigenvalue weighted by molar-refractivity contribution is 7.99. The number of hydrogen-bond acceptors (Lipinski definition) is 4. The van der Waals surface area contributed by atoms with E-state index in [0.717, 1.165) is 19.3 Å². The summed E-state index contributed by atoms with van der Waals surface area (Å²) in [4.78, 5) is 29.2. The van der Waals surface area contributed by atoms with Crippen molar-refractivity contribution in [3.8, 4) is 0 Å². The van der Waals surface area contributed by atoms with Gasteiger partial charge >= 0.3 is 0 Å². The van der Waals surface area contributed by atoms with E-state index >= 15 is 0 Å². The van der Waals surface area contributed by atoms with E-state index in [0.29, 0.717) is 22.6 Å². The largest absolute Gasteiger partial charge is 0.358 e. The van der Waals surface area contributed by atoms with Gasteiger partial charge in [0.1, 0.15) is 0 Å². The van der Waals surface area contributed by atoms with Crippen LogP contribution in [-0.4, -0.2) is 28.3 Å². The number of carbonyl (C=O) groups excluding carboxylic acids is 1. The summed E-state index contributed by atoms with van der Waals surface area (Å²) in [7, 11) is 1.61. The number of nitrogens with one attached hydrogen (secondary N) is 1. The summed E-state index contributed by atoms with van der Waals surface area (Å²) in [6, 6.07) is 7.39. The lowest BCUT2D eigenvalue weighted by atomic mass is 9.97. The first kappa shape index (κ1) is 17.7. The zero-order valence-corrected chi connectivity index (χ0v) is 15.3. The van der Waals surface area contributed by atoms with Gasteiger partial charge in [0.2, 0.25) is 5.91 Å². The van der Waals surface area contributed by atoms with E-state index in [9.17, 15) is 9.59 Å². The number of allylic oxidation sites excluding steroid dienone is 2. The van der Waals surface area contributed by atoms with Gasteiger partial charge in [-0.25, -0.2) is 4.98 Å². The average molecular weight is 357 g/mol. The van der Waals surface area contributed by atoms with Crippen LogP contribution in [0.4, 0.5) is 0 Å². The lowest BCUT2D eigenvalue weighted by Crippen LogP contribution is -2.25. The number of hydrogen-bond donors (Lipinski definition) is 1. The fraction of sp³-hybridized carbons (Fsp3) is 0.421. The fourth-order valence-electron chi connectivity index (χ4n) is 3.04. The third-order valence-electron chi connectivity index (χ3n) is 4.48. The Morgan fingerprint density at radius 3 is 2.92 bits per heavy atom. The molecule has 0 fully saturated rings. The topological polar surface area (TPSA) is 64.0 Å². The molecule has 0 aliphatic heterocycles. The zero-order valence-electron chi connectivity index (χ0n) is 14.5. The molecule has 0 radical (unpaired) electrons. The molecule has 1 amide bonds. The molecule has 5 nitrogen and oxygen atoms in total. The molecule has 2 aromatic rings. The number of rotatable bonds is 6. The van der Waals surface area contributed by atoms with Crippen molar-refractivity contribution in [1.29, 1.82) is 0 Å². The van der Waals surface area contributed by atoms with Crippen molar-refractivity contribution >= 4 is 28.6 Å². The first-order valence-corrected chi connectivity index (χ1v) is 9.68. The molecular formula is C19H23N3O2S. The highest BCUT2D eigenvalue weighted by atomic mass is 32.2. The Hall–Kier alpha value is -2.08. The summed E-state index contributed by atoms with van der Waals surface area (Å²) in [6.07, 6.45) is 7.92. The molecule has 0 unspecified atom stereocenters. The molecule has 1 heterocycles. The highest BCUT2D eigenvalue weighted by Crippen LogP contribution is 2.22. The van der Waals surface area contributed by atoms with Crippen LogP contribution in [0.1, 0.15) is 32.1 Å². The van der Waals surface area contributed by atoms with Crippen molar-refractivity contribution in [2.75, 3.05) is 12.8 Å². The minimum absolute atomic E-state index is 0.0265. The second kappa shape index (κ2) is 8.34. The second-order valence-electron chi connectivity index (χ2n) is 6.19. The molecule has 3 rings (SSSR count). The van der Waals surface area contributed by atoms with Crippen LogP contribution < -0.4 is 10.9 Å². The number of thioether (sulfide) groups is 1. The molecule has 132 valence electrons. The van der Waals surface area contributed by atoms with Gasteiger partial charge in [0.05, 0.1) is 16.7 Å². The van der Waals surface area contributed by atoms with Gasteiger partial charge in [-0.3, -0.25) is 14.2 Å². The number of amides is 1. The van der Waals surface area contributed by atoms with E-state index in [1.807, 2.05) is 24.3 Å². The van der Waals surface area contributed by atoms with E-state index in [2.05, 4.69) is 16.4 Å². The normalized spacial score (nSPS) is 14.4. The van der Waals surface area contributed by atoms with Gasteiger partial charge in [0, 0.05) is 13.6 Å². The Bertz CT molecular complexity index is 857. The molecule has 1 aliphatic rings. The Morgan fingerprint density at radius 1 is 1.32 bits per heavy atom. The zero-order chi connectivity index (χ0) is 17.6. The first-order valence-electron chi connectivity index (χ1n) is 8.70. The Morgan fingerprint density at radius 2 is 2.16 bits per heavy atom. The van der Waals surface area contributed by atoms with Crippen molar-refractivity contribution in [2.24, 2.45) is 0 Å². The minimum atomic E-state index is -0.0750. The summed E-state index contributed by atoms with van der Waals surface area (Å²) in [5.41, 5.74) is 2.08. The van der Waals surface area contributed by atoms with Crippen molar-refractivity contribution in [3.63, 3.8) is 0 Å². The van der Waals surface area contributed by atoms with E-state index in [4.69, 9.17) is 0 Å². The van der Waals surface area contributed by atoms with Gasteiger partial charge in [-0.2, -0.15) is 0 Å². The molecule has 0 bridgehead atoms. The standard InChI is InChI=1S/C19H23N3O2S/c1-20-17(23)13-25-19-21-16-10-6-5-9-15(16)18(24)22(19)12-11-14-7-3-2-4-8-14/h5-7,9-10H,2-4,8,11-13H2,1H3,(H,20,23). The average Bonchev–Trinajstić information content (AvgIpc) is 2.66. The molecule has 0 saturated heterocycles. The Kier molecular flexibility index (Phi) is 5.91. The van der Waals surface area contributed by atoms with E-state index in [-0.39, 0.29) is 17.2 Å². The number of nitrogens with zero attached hydrogens (tertiary/aromatic N) is 2. The van der Waals surface area contributed by atoms with Gasteiger partial charge in [-0.15, -0.1) is 0 Å². The van der Waals surface area contributed by atoms with Crippen molar-refractivity contribution in [3.05, 3.63) is 46.3 Å². The summed E-state index contributed by atoms with van der Waals surface area (Å²) in [5, 5.41) is 3.85. The summed E-state index contributed by atoms with van der Waals surface area (Å²) >= 11 is 1.32. The summed E-state index contributed by atoms with van der Waals surface area (Å²) in [5.74, 6) is 0.179. The molecule has 25 heavy (non-hydrogen) atoms. The Balaban J connectivity index is 1.91. The molecule has 1 aromatic heterocycles. The van der Waals surface area contributed by atoms with Gasteiger partial charge in [-0.05, 0) is 44.2 Å². The maximum Gasteiger partial charge on any atom is 0.262 e. The number of carbonyl (C=O) groups is 1. The summed E-state index contributed by atoms with van der Waals surface area (Å²) < 4.78 is 1.73. The number of benzene rings is 1. The smallest absolute Gasteiger partial charge is 0.262 e. The minimum Gasteiger partial charge on any atom is -0.358 e. The molecule has 0 spiro atoms. The highest BCUT2D eigenvalue weighted by Gasteiger charge is 2.14. The van der Waals surface area contributed by atoms with E-state index in [1.165, 1.54) is 30.2 Å². The predicted molar refractivity (Wildman–Crippen MR) is 102 cm³/mol. The molecule has 1 N–H and O–H groups in total. The first-order chi connectivity index (χ1) is 12.2. The van der Waals surface area contributed by atoms with Gasteiger partial charge in [0.15, 0.2) is 5.16 Å². The van der Waals surface area contributed by atoms with Crippen molar-refractivity contribution < 1.29 is 4.79 Å². The van der Waals surface area contributed by atoms with Crippen LogP contribution in [0.2, 0.25) is 0 Å².